The topological polar surface area (TPSA) is 38.9 Å². The first-order chi connectivity index (χ1) is 7.25. The van der Waals surface area contributed by atoms with E-state index in [2.05, 4.69) is 4.98 Å². The zero-order valence-electron chi connectivity index (χ0n) is 8.15. The smallest absolute Gasteiger partial charge is 0.0448 e. The number of nitrogens with zero attached hydrogens (tertiary/aromatic N) is 1. The Kier molecular flexibility index (Phi) is 2.88. The molecule has 76 valence electrons. The predicted octanol–water partition coefficient (Wildman–Crippen LogP) is 2.91. The molecule has 0 unspecified atom stereocenters. The zero-order chi connectivity index (χ0) is 10.7. The maximum absolute atomic E-state index is 5.91. The summed E-state index contributed by atoms with van der Waals surface area (Å²) >= 11 is 5.91. The number of anilines is 1. The van der Waals surface area contributed by atoms with Crippen molar-refractivity contribution in [2.75, 3.05) is 5.73 Å². The van der Waals surface area contributed by atoms with Gasteiger partial charge < -0.3 is 5.73 Å². The lowest BCUT2D eigenvalue weighted by atomic mass is 10.1. The van der Waals surface area contributed by atoms with Gasteiger partial charge in [-0.15, -0.1) is 0 Å². The van der Waals surface area contributed by atoms with Gasteiger partial charge in [0.15, 0.2) is 0 Å². The van der Waals surface area contributed by atoms with Crippen LogP contribution in [-0.2, 0) is 6.42 Å². The first-order valence-electron chi connectivity index (χ1n) is 4.69. The van der Waals surface area contributed by atoms with E-state index in [0.717, 1.165) is 16.9 Å². The fraction of sp³-hybridized carbons (Fsp3) is 0.0833. The van der Waals surface area contributed by atoms with Gasteiger partial charge in [-0.05, 0) is 35.9 Å². The van der Waals surface area contributed by atoms with Crippen molar-refractivity contribution in [3.05, 3.63) is 58.9 Å². The van der Waals surface area contributed by atoms with Crippen LogP contribution in [-0.4, -0.2) is 4.98 Å². The minimum atomic E-state index is 0.704. The van der Waals surface area contributed by atoms with E-state index in [1.165, 1.54) is 0 Å². The van der Waals surface area contributed by atoms with Crippen molar-refractivity contribution in [1.82, 2.24) is 4.98 Å². The average Bonchev–Trinajstić information content (AvgIpc) is 2.25. The second kappa shape index (κ2) is 4.32. The van der Waals surface area contributed by atoms with Gasteiger partial charge in [-0.2, -0.15) is 0 Å². The van der Waals surface area contributed by atoms with Crippen LogP contribution in [0.3, 0.4) is 0 Å². The average molecular weight is 219 g/mol. The van der Waals surface area contributed by atoms with Crippen molar-refractivity contribution in [2.24, 2.45) is 0 Å². The lowest BCUT2D eigenvalue weighted by Crippen LogP contribution is -1.97. The third-order valence-corrected chi connectivity index (χ3v) is 2.44. The maximum Gasteiger partial charge on any atom is 0.0448 e. The molecule has 0 aliphatic rings. The van der Waals surface area contributed by atoms with Crippen LogP contribution in [0.4, 0.5) is 5.69 Å². The molecule has 2 rings (SSSR count). The van der Waals surface area contributed by atoms with Gasteiger partial charge in [0.1, 0.15) is 0 Å². The summed E-state index contributed by atoms with van der Waals surface area (Å²) in [6, 6.07) is 11.3. The van der Waals surface area contributed by atoms with Crippen LogP contribution in [0.15, 0.2) is 42.6 Å². The lowest BCUT2D eigenvalue weighted by Gasteiger charge is -2.05. The van der Waals surface area contributed by atoms with Gasteiger partial charge in [0.25, 0.3) is 0 Å². The fourth-order valence-electron chi connectivity index (χ4n) is 1.43. The Morgan fingerprint density at radius 3 is 2.80 bits per heavy atom. The van der Waals surface area contributed by atoms with Crippen molar-refractivity contribution in [1.29, 1.82) is 0 Å². The molecule has 0 saturated heterocycles. The molecule has 0 aliphatic carbocycles. The molecule has 1 aromatic carbocycles. The fourth-order valence-corrected chi connectivity index (χ4v) is 1.62. The minimum Gasteiger partial charge on any atom is -0.398 e. The summed E-state index contributed by atoms with van der Waals surface area (Å²) < 4.78 is 0. The zero-order valence-corrected chi connectivity index (χ0v) is 8.91. The molecule has 0 spiro atoms. The van der Waals surface area contributed by atoms with Crippen LogP contribution in [0.1, 0.15) is 11.3 Å². The molecule has 0 radical (unpaired) electrons. The predicted molar refractivity (Wildman–Crippen MR) is 62.9 cm³/mol. The highest BCUT2D eigenvalue weighted by Crippen LogP contribution is 2.20. The van der Waals surface area contributed by atoms with Crippen LogP contribution in [0.2, 0.25) is 5.02 Å². The largest absolute Gasteiger partial charge is 0.398 e. The molecule has 0 saturated carbocycles. The molecule has 0 atom stereocenters. The molecular formula is C12H11ClN2. The Morgan fingerprint density at radius 2 is 2.07 bits per heavy atom. The number of benzene rings is 1. The monoisotopic (exact) mass is 218 g/mol. The van der Waals surface area contributed by atoms with Crippen molar-refractivity contribution in [3.8, 4) is 0 Å². The first kappa shape index (κ1) is 9.99. The second-order valence-electron chi connectivity index (χ2n) is 3.34. The normalized spacial score (nSPS) is 10.2. The summed E-state index contributed by atoms with van der Waals surface area (Å²) in [4.78, 5) is 4.25. The number of pyridine rings is 1. The van der Waals surface area contributed by atoms with E-state index in [0.29, 0.717) is 11.4 Å². The Hall–Kier alpha value is -1.54. The van der Waals surface area contributed by atoms with Gasteiger partial charge in [0.2, 0.25) is 0 Å². The van der Waals surface area contributed by atoms with Gasteiger partial charge in [0, 0.05) is 29.0 Å². The van der Waals surface area contributed by atoms with Gasteiger partial charge in [-0.25, -0.2) is 0 Å². The number of hydrogen-bond donors (Lipinski definition) is 1. The number of nitrogens with two attached hydrogens (primary N) is 1. The molecule has 1 aromatic heterocycles. The summed E-state index contributed by atoms with van der Waals surface area (Å²) in [5.41, 5.74) is 8.61. The van der Waals surface area contributed by atoms with Crippen molar-refractivity contribution in [3.63, 3.8) is 0 Å². The van der Waals surface area contributed by atoms with Crippen LogP contribution >= 0.6 is 11.6 Å². The highest BCUT2D eigenvalue weighted by atomic mass is 35.5. The van der Waals surface area contributed by atoms with Crippen LogP contribution in [0.25, 0.3) is 0 Å². The molecule has 0 aliphatic heterocycles. The number of aromatic nitrogens is 1. The van der Waals surface area contributed by atoms with E-state index < -0.39 is 0 Å². The van der Waals surface area contributed by atoms with Crippen molar-refractivity contribution < 1.29 is 0 Å². The van der Waals surface area contributed by atoms with E-state index in [9.17, 15) is 0 Å². The SMILES string of the molecule is Nc1ccc(Cl)cc1Cc1ccccn1. The summed E-state index contributed by atoms with van der Waals surface area (Å²) in [6.45, 7) is 0. The molecule has 0 bridgehead atoms. The molecule has 15 heavy (non-hydrogen) atoms. The van der Waals surface area contributed by atoms with Crippen LogP contribution in [0, 0.1) is 0 Å². The van der Waals surface area contributed by atoms with Gasteiger partial charge in [-0.3, -0.25) is 4.98 Å². The minimum absolute atomic E-state index is 0.704. The number of rotatable bonds is 2. The highest BCUT2D eigenvalue weighted by molar-refractivity contribution is 6.30. The highest BCUT2D eigenvalue weighted by Gasteiger charge is 2.02. The third kappa shape index (κ3) is 2.48. The van der Waals surface area contributed by atoms with E-state index in [-0.39, 0.29) is 0 Å². The Bertz CT molecular complexity index is 454. The first-order valence-corrected chi connectivity index (χ1v) is 5.07. The molecule has 2 aromatic rings. The van der Waals surface area contributed by atoms with Crippen LogP contribution < -0.4 is 5.73 Å². The third-order valence-electron chi connectivity index (χ3n) is 2.20. The summed E-state index contributed by atoms with van der Waals surface area (Å²) in [7, 11) is 0. The van der Waals surface area contributed by atoms with Gasteiger partial charge in [0.05, 0.1) is 0 Å². The van der Waals surface area contributed by atoms with Gasteiger partial charge >= 0.3 is 0 Å². The lowest BCUT2D eigenvalue weighted by molar-refractivity contribution is 1.08. The summed E-state index contributed by atoms with van der Waals surface area (Å²) in [6.07, 6.45) is 2.49. The standard InChI is InChI=1S/C12H11ClN2/c13-10-4-5-12(14)9(7-10)8-11-3-1-2-6-15-11/h1-7H,8,14H2. The number of halogens is 1. The summed E-state index contributed by atoms with van der Waals surface area (Å²) in [5.74, 6) is 0. The molecule has 2 nitrogen and oxygen atoms in total. The van der Waals surface area contributed by atoms with Crippen LogP contribution in [0.5, 0.6) is 0 Å². The number of hydrogen-bond acceptors (Lipinski definition) is 2. The van der Waals surface area contributed by atoms with E-state index in [1.54, 1.807) is 12.3 Å². The molecule has 1 heterocycles. The second-order valence-corrected chi connectivity index (χ2v) is 3.78. The van der Waals surface area contributed by atoms with E-state index in [4.69, 9.17) is 17.3 Å². The quantitative estimate of drug-likeness (QED) is 0.788. The van der Waals surface area contributed by atoms with E-state index >= 15 is 0 Å². The Morgan fingerprint density at radius 1 is 1.20 bits per heavy atom. The van der Waals surface area contributed by atoms with Gasteiger partial charge in [-0.1, -0.05) is 17.7 Å². The van der Waals surface area contributed by atoms with E-state index in [1.807, 2.05) is 30.3 Å². The van der Waals surface area contributed by atoms with Crippen molar-refractivity contribution >= 4 is 17.3 Å². The molecule has 0 amide bonds. The molecule has 0 fully saturated rings. The number of nitrogen functional groups attached to an aromatic ring is 1. The van der Waals surface area contributed by atoms with Crippen molar-refractivity contribution in [2.45, 2.75) is 6.42 Å². The molecule has 3 heteroatoms. The maximum atomic E-state index is 5.91. The molecule has 2 N–H and O–H groups in total. The summed E-state index contributed by atoms with van der Waals surface area (Å²) in [5, 5.41) is 0.704. The Labute approximate surface area is 93.7 Å². The Balaban J connectivity index is 2.28. The molecular weight excluding hydrogens is 208 g/mol.